The first-order valence-electron chi connectivity index (χ1n) is 7.36. The summed E-state index contributed by atoms with van der Waals surface area (Å²) in [5, 5.41) is 2.98. The van der Waals surface area contributed by atoms with E-state index in [1.54, 1.807) is 14.2 Å². The van der Waals surface area contributed by atoms with Crippen LogP contribution in [0.5, 0.6) is 11.5 Å². The third-order valence-corrected chi connectivity index (χ3v) is 4.96. The van der Waals surface area contributed by atoms with Gasteiger partial charge in [-0.2, -0.15) is 0 Å². The molecular formula is C16H25BrN2O3. The van der Waals surface area contributed by atoms with E-state index in [1.807, 2.05) is 26.0 Å². The minimum Gasteiger partial charge on any atom is -0.493 e. The molecule has 22 heavy (non-hydrogen) atoms. The van der Waals surface area contributed by atoms with Gasteiger partial charge in [-0.15, -0.1) is 0 Å². The predicted octanol–water partition coefficient (Wildman–Crippen LogP) is 2.85. The monoisotopic (exact) mass is 372 g/mol. The molecule has 0 aliphatic heterocycles. The van der Waals surface area contributed by atoms with Crippen molar-refractivity contribution in [3.63, 3.8) is 0 Å². The summed E-state index contributed by atoms with van der Waals surface area (Å²) >= 11 is 3.49. The smallest absolute Gasteiger partial charge is 0.227 e. The van der Waals surface area contributed by atoms with Gasteiger partial charge in [-0.3, -0.25) is 4.79 Å². The lowest BCUT2D eigenvalue weighted by Gasteiger charge is -2.28. The molecule has 0 aliphatic rings. The van der Waals surface area contributed by atoms with Crippen molar-refractivity contribution in [3.05, 3.63) is 22.2 Å². The third-order valence-electron chi connectivity index (χ3n) is 4.22. The summed E-state index contributed by atoms with van der Waals surface area (Å²) in [7, 11) is 3.17. The zero-order valence-corrected chi connectivity index (χ0v) is 15.2. The van der Waals surface area contributed by atoms with Gasteiger partial charge < -0.3 is 20.5 Å². The van der Waals surface area contributed by atoms with Crippen LogP contribution >= 0.6 is 15.9 Å². The minimum absolute atomic E-state index is 0.0123. The Kier molecular flexibility index (Phi) is 7.16. The molecule has 0 spiro atoms. The first kappa shape index (κ1) is 18.8. The van der Waals surface area contributed by atoms with E-state index < -0.39 is 5.41 Å². The Bertz CT molecular complexity index is 508. The molecule has 0 radical (unpaired) electrons. The second-order valence-electron chi connectivity index (χ2n) is 5.17. The molecular weight excluding hydrogens is 348 g/mol. The van der Waals surface area contributed by atoms with Crippen LogP contribution in [0.1, 0.15) is 32.3 Å². The van der Waals surface area contributed by atoms with Gasteiger partial charge in [-0.1, -0.05) is 29.8 Å². The molecule has 1 aromatic rings. The first-order valence-corrected chi connectivity index (χ1v) is 8.16. The lowest BCUT2D eigenvalue weighted by Crippen LogP contribution is -2.45. The van der Waals surface area contributed by atoms with E-state index in [0.717, 1.165) is 22.9 Å². The van der Waals surface area contributed by atoms with E-state index in [-0.39, 0.29) is 5.91 Å². The first-order chi connectivity index (χ1) is 10.5. The maximum absolute atomic E-state index is 12.5. The lowest BCUT2D eigenvalue weighted by molar-refractivity contribution is -0.131. The Morgan fingerprint density at radius 3 is 2.23 bits per heavy atom. The van der Waals surface area contributed by atoms with Crippen LogP contribution in [0.2, 0.25) is 0 Å². The van der Waals surface area contributed by atoms with Crippen molar-refractivity contribution in [2.45, 2.75) is 33.2 Å². The van der Waals surface area contributed by atoms with Crippen LogP contribution in [0.3, 0.4) is 0 Å². The quantitative estimate of drug-likeness (QED) is 0.735. The highest BCUT2D eigenvalue weighted by molar-refractivity contribution is 9.10. The molecule has 1 aromatic carbocycles. The van der Waals surface area contributed by atoms with E-state index in [2.05, 4.69) is 21.2 Å². The Labute approximate surface area is 140 Å². The van der Waals surface area contributed by atoms with E-state index in [9.17, 15) is 4.79 Å². The second kappa shape index (κ2) is 8.39. The SMILES string of the molecule is CCC(CC)(CN)C(=O)NCc1cc(OC)c(OC)cc1Br. The average molecular weight is 373 g/mol. The summed E-state index contributed by atoms with van der Waals surface area (Å²) in [6.45, 7) is 4.73. The average Bonchev–Trinajstić information content (AvgIpc) is 2.55. The zero-order chi connectivity index (χ0) is 16.8. The molecule has 3 N–H and O–H groups in total. The molecule has 0 aliphatic carbocycles. The summed E-state index contributed by atoms with van der Waals surface area (Å²) in [6.07, 6.45) is 1.44. The number of methoxy groups -OCH3 is 2. The maximum Gasteiger partial charge on any atom is 0.227 e. The van der Waals surface area contributed by atoms with E-state index in [0.29, 0.717) is 24.6 Å². The van der Waals surface area contributed by atoms with E-state index in [4.69, 9.17) is 15.2 Å². The second-order valence-corrected chi connectivity index (χ2v) is 6.03. The number of carbonyl (C=O) groups excluding carboxylic acids is 1. The molecule has 0 unspecified atom stereocenters. The molecule has 6 heteroatoms. The zero-order valence-electron chi connectivity index (χ0n) is 13.7. The van der Waals surface area contributed by atoms with Crippen molar-refractivity contribution in [1.82, 2.24) is 5.32 Å². The fraction of sp³-hybridized carbons (Fsp3) is 0.562. The highest BCUT2D eigenvalue weighted by Gasteiger charge is 2.33. The van der Waals surface area contributed by atoms with Gasteiger partial charge in [0.2, 0.25) is 5.91 Å². The van der Waals surface area contributed by atoms with Crippen LogP contribution in [-0.2, 0) is 11.3 Å². The number of carbonyl (C=O) groups is 1. The van der Waals surface area contributed by atoms with E-state index >= 15 is 0 Å². The van der Waals surface area contributed by atoms with Crippen molar-refractivity contribution < 1.29 is 14.3 Å². The summed E-state index contributed by atoms with van der Waals surface area (Å²) in [6, 6.07) is 3.68. The fourth-order valence-corrected chi connectivity index (χ4v) is 2.81. The third kappa shape index (κ3) is 3.93. The van der Waals surface area contributed by atoms with Crippen LogP contribution in [0.4, 0.5) is 0 Å². The normalized spacial score (nSPS) is 11.2. The number of amides is 1. The molecule has 5 nitrogen and oxygen atoms in total. The molecule has 0 bridgehead atoms. The van der Waals surface area contributed by atoms with Crippen molar-refractivity contribution >= 4 is 21.8 Å². The van der Waals surface area contributed by atoms with Crippen molar-refractivity contribution in [1.29, 1.82) is 0 Å². The number of benzene rings is 1. The summed E-state index contributed by atoms with van der Waals surface area (Å²) in [5.74, 6) is 1.26. The highest BCUT2D eigenvalue weighted by Crippen LogP contribution is 2.33. The Morgan fingerprint density at radius 1 is 1.23 bits per heavy atom. The molecule has 0 heterocycles. The highest BCUT2D eigenvalue weighted by atomic mass is 79.9. The van der Waals surface area contributed by atoms with E-state index in [1.165, 1.54) is 0 Å². The molecule has 1 rings (SSSR count). The molecule has 124 valence electrons. The van der Waals surface area contributed by atoms with Crippen molar-refractivity contribution in [2.24, 2.45) is 11.1 Å². The maximum atomic E-state index is 12.5. The van der Waals surface area contributed by atoms with Gasteiger partial charge in [0.1, 0.15) is 0 Å². The van der Waals surface area contributed by atoms with Crippen molar-refractivity contribution in [3.8, 4) is 11.5 Å². The van der Waals surface area contributed by atoms with Crippen LogP contribution < -0.4 is 20.5 Å². The van der Waals surface area contributed by atoms with Crippen LogP contribution in [0, 0.1) is 5.41 Å². The molecule has 0 fully saturated rings. The van der Waals surface area contributed by atoms with Gasteiger partial charge >= 0.3 is 0 Å². The standard InChI is InChI=1S/C16H25BrN2O3/c1-5-16(6-2,10-18)15(20)19-9-11-7-13(21-3)14(22-4)8-12(11)17/h7-8H,5-6,9-10,18H2,1-4H3,(H,19,20). The fourth-order valence-electron chi connectivity index (χ4n) is 2.35. The topological polar surface area (TPSA) is 73.6 Å². The van der Waals surface area contributed by atoms with Crippen LogP contribution in [-0.4, -0.2) is 26.7 Å². The summed E-state index contributed by atoms with van der Waals surface area (Å²) in [4.78, 5) is 12.5. The predicted molar refractivity (Wildman–Crippen MR) is 91.2 cm³/mol. The van der Waals surface area contributed by atoms with Crippen LogP contribution in [0.25, 0.3) is 0 Å². The van der Waals surface area contributed by atoms with Gasteiger partial charge in [-0.25, -0.2) is 0 Å². The number of ether oxygens (including phenoxy) is 2. The molecule has 1 amide bonds. The lowest BCUT2D eigenvalue weighted by atomic mass is 9.81. The Morgan fingerprint density at radius 2 is 1.77 bits per heavy atom. The Balaban J connectivity index is 2.90. The largest absolute Gasteiger partial charge is 0.493 e. The van der Waals surface area contributed by atoms with Gasteiger partial charge in [-0.05, 0) is 30.5 Å². The van der Waals surface area contributed by atoms with Gasteiger partial charge in [0.25, 0.3) is 0 Å². The van der Waals surface area contributed by atoms with Crippen molar-refractivity contribution in [2.75, 3.05) is 20.8 Å². The number of nitrogens with one attached hydrogen (secondary N) is 1. The van der Waals surface area contributed by atoms with Crippen LogP contribution in [0.15, 0.2) is 16.6 Å². The number of hydrogen-bond donors (Lipinski definition) is 2. The van der Waals surface area contributed by atoms with Gasteiger partial charge in [0, 0.05) is 17.6 Å². The number of hydrogen-bond acceptors (Lipinski definition) is 4. The Hall–Kier alpha value is -1.27. The summed E-state index contributed by atoms with van der Waals surface area (Å²) in [5.41, 5.74) is 6.23. The summed E-state index contributed by atoms with van der Waals surface area (Å²) < 4.78 is 11.4. The van der Waals surface area contributed by atoms with Gasteiger partial charge in [0.15, 0.2) is 11.5 Å². The number of nitrogens with two attached hydrogens (primary N) is 1. The molecule has 0 saturated carbocycles. The minimum atomic E-state index is -0.497. The molecule has 0 saturated heterocycles. The number of rotatable bonds is 8. The molecule has 0 atom stereocenters. The molecule has 0 aromatic heterocycles. The van der Waals surface area contributed by atoms with Gasteiger partial charge in [0.05, 0.1) is 19.6 Å². The number of halogens is 1.